The third-order valence-corrected chi connectivity index (χ3v) is 5.95. The minimum atomic E-state index is -0.974. The Hall–Kier alpha value is -2.30. The summed E-state index contributed by atoms with van der Waals surface area (Å²) in [6.45, 7) is 3.36. The Balaban J connectivity index is 1.34. The number of aliphatic hydroxyl groups is 1. The van der Waals surface area contributed by atoms with Crippen LogP contribution in [0.2, 0.25) is 0 Å². The minimum absolute atomic E-state index is 0.00227. The lowest BCUT2D eigenvalue weighted by Crippen LogP contribution is -2.48. The molecule has 1 N–H and O–H groups in total. The molecule has 2 amide bonds. The molecule has 0 aromatic carbocycles. The van der Waals surface area contributed by atoms with Crippen molar-refractivity contribution in [2.24, 2.45) is 0 Å². The second-order valence-corrected chi connectivity index (χ2v) is 8.01. The summed E-state index contributed by atoms with van der Waals surface area (Å²) in [5.74, 6) is -0.167. The van der Waals surface area contributed by atoms with Crippen LogP contribution in [-0.4, -0.2) is 86.7 Å². The van der Waals surface area contributed by atoms with E-state index in [9.17, 15) is 14.7 Å². The van der Waals surface area contributed by atoms with E-state index < -0.39 is 5.60 Å². The molecule has 0 aliphatic carbocycles. The van der Waals surface area contributed by atoms with Gasteiger partial charge in [-0.25, -0.2) is 4.68 Å². The molecule has 2 aromatic heterocycles. The van der Waals surface area contributed by atoms with Crippen molar-refractivity contribution in [3.8, 4) is 0 Å². The predicted molar refractivity (Wildman–Crippen MR) is 101 cm³/mol. The Morgan fingerprint density at radius 1 is 1.14 bits per heavy atom. The van der Waals surface area contributed by atoms with Gasteiger partial charge in [0.05, 0.1) is 37.1 Å². The molecule has 4 heterocycles. The molecule has 2 aromatic rings. The van der Waals surface area contributed by atoms with Gasteiger partial charge in [0.25, 0.3) is 11.8 Å². The molecule has 10 heteroatoms. The van der Waals surface area contributed by atoms with Crippen LogP contribution in [0, 0.1) is 0 Å². The number of carbonyl (C=O) groups is 2. The molecule has 9 nitrogen and oxygen atoms in total. The fraction of sp³-hybridized carbons (Fsp3) is 0.556. The number of hydrogen-bond acceptors (Lipinski definition) is 7. The molecule has 0 saturated carbocycles. The maximum absolute atomic E-state index is 12.5. The number of nitrogens with zero attached hydrogens (tertiary/aromatic N) is 5. The van der Waals surface area contributed by atoms with Gasteiger partial charge in [-0.1, -0.05) is 5.21 Å². The van der Waals surface area contributed by atoms with Crippen molar-refractivity contribution in [1.29, 1.82) is 0 Å². The van der Waals surface area contributed by atoms with Gasteiger partial charge in [-0.2, -0.15) is 11.3 Å². The summed E-state index contributed by atoms with van der Waals surface area (Å²) in [5, 5.41) is 22.6. The van der Waals surface area contributed by atoms with Crippen molar-refractivity contribution >= 4 is 23.2 Å². The number of morpholine rings is 1. The standard InChI is InChI=1S/C18H23N5O4S/c24-16(14-1-10-28-12-14)21-4-2-18(26,3-5-21)13-23-11-15(19-20-23)17(25)22-6-8-27-9-7-22/h1,10-12,26H,2-9,13H2. The van der Waals surface area contributed by atoms with Gasteiger partial charge in [0, 0.05) is 31.6 Å². The highest BCUT2D eigenvalue weighted by Crippen LogP contribution is 2.25. The van der Waals surface area contributed by atoms with Crippen LogP contribution in [0.5, 0.6) is 0 Å². The fourth-order valence-corrected chi connectivity index (χ4v) is 4.19. The zero-order valence-corrected chi connectivity index (χ0v) is 16.3. The van der Waals surface area contributed by atoms with Crippen LogP contribution >= 0.6 is 11.3 Å². The van der Waals surface area contributed by atoms with Crippen molar-refractivity contribution < 1.29 is 19.4 Å². The Kier molecular flexibility index (Phi) is 5.42. The van der Waals surface area contributed by atoms with E-state index in [-0.39, 0.29) is 24.1 Å². The van der Waals surface area contributed by atoms with Crippen LogP contribution in [0.4, 0.5) is 0 Å². The smallest absolute Gasteiger partial charge is 0.276 e. The Labute approximate surface area is 166 Å². The van der Waals surface area contributed by atoms with Crippen molar-refractivity contribution in [1.82, 2.24) is 24.8 Å². The highest BCUT2D eigenvalue weighted by molar-refractivity contribution is 7.08. The number of thiophene rings is 1. The van der Waals surface area contributed by atoms with Crippen LogP contribution < -0.4 is 0 Å². The van der Waals surface area contributed by atoms with Crippen LogP contribution in [0.25, 0.3) is 0 Å². The van der Waals surface area contributed by atoms with Gasteiger partial charge in [0.15, 0.2) is 5.69 Å². The first-order valence-corrected chi connectivity index (χ1v) is 10.3. The molecule has 2 aliphatic heterocycles. The molecule has 0 radical (unpaired) electrons. The molecule has 2 fully saturated rings. The normalized spacial score (nSPS) is 19.6. The van der Waals surface area contributed by atoms with Crippen molar-refractivity contribution in [3.05, 3.63) is 34.3 Å². The third kappa shape index (κ3) is 4.08. The largest absolute Gasteiger partial charge is 0.388 e. The molecule has 0 spiro atoms. The van der Waals surface area contributed by atoms with Crippen molar-refractivity contribution in [2.45, 2.75) is 25.0 Å². The minimum Gasteiger partial charge on any atom is -0.388 e. The molecular formula is C18H23N5O4S. The quantitative estimate of drug-likeness (QED) is 0.794. The highest BCUT2D eigenvalue weighted by Gasteiger charge is 2.35. The Morgan fingerprint density at radius 3 is 2.54 bits per heavy atom. The maximum Gasteiger partial charge on any atom is 0.276 e. The molecular weight excluding hydrogens is 382 g/mol. The fourth-order valence-electron chi connectivity index (χ4n) is 3.56. The lowest BCUT2D eigenvalue weighted by molar-refractivity contribution is -0.0318. The van der Waals surface area contributed by atoms with Gasteiger partial charge >= 0.3 is 0 Å². The zero-order chi connectivity index (χ0) is 19.6. The number of ether oxygens (including phenoxy) is 1. The maximum atomic E-state index is 12.5. The number of aromatic nitrogens is 3. The lowest BCUT2D eigenvalue weighted by Gasteiger charge is -2.37. The van der Waals surface area contributed by atoms with Gasteiger partial charge in [-0.05, 0) is 24.3 Å². The molecule has 28 heavy (non-hydrogen) atoms. The number of likely N-dealkylation sites (tertiary alicyclic amines) is 1. The van der Waals surface area contributed by atoms with Gasteiger partial charge < -0.3 is 19.6 Å². The summed E-state index contributed by atoms with van der Waals surface area (Å²) in [4.78, 5) is 28.4. The first-order valence-electron chi connectivity index (χ1n) is 9.35. The van der Waals surface area contributed by atoms with E-state index in [0.29, 0.717) is 57.8 Å². The lowest BCUT2D eigenvalue weighted by atomic mass is 9.91. The molecule has 2 saturated heterocycles. The van der Waals surface area contributed by atoms with Gasteiger partial charge in [-0.3, -0.25) is 9.59 Å². The topological polar surface area (TPSA) is 101 Å². The molecule has 2 aliphatic rings. The van der Waals surface area contributed by atoms with Crippen LogP contribution in [-0.2, 0) is 11.3 Å². The monoisotopic (exact) mass is 405 g/mol. The summed E-state index contributed by atoms with van der Waals surface area (Å²) in [6.07, 6.45) is 2.49. The summed E-state index contributed by atoms with van der Waals surface area (Å²) >= 11 is 1.49. The second-order valence-electron chi connectivity index (χ2n) is 7.23. The van der Waals surface area contributed by atoms with E-state index >= 15 is 0 Å². The first kappa shape index (κ1) is 19.0. The average molecular weight is 405 g/mol. The Bertz CT molecular complexity index is 823. The molecule has 150 valence electrons. The first-order chi connectivity index (χ1) is 13.5. The molecule has 0 bridgehead atoms. The number of carbonyl (C=O) groups excluding carboxylic acids is 2. The zero-order valence-electron chi connectivity index (χ0n) is 15.5. The third-order valence-electron chi connectivity index (χ3n) is 5.26. The number of rotatable bonds is 4. The molecule has 0 atom stereocenters. The van der Waals surface area contributed by atoms with Crippen LogP contribution in [0.3, 0.4) is 0 Å². The second kappa shape index (κ2) is 7.98. The number of amides is 2. The number of piperidine rings is 1. The van der Waals surface area contributed by atoms with E-state index in [4.69, 9.17) is 4.74 Å². The summed E-state index contributed by atoms with van der Waals surface area (Å²) in [5.41, 5.74) is -0.00755. The van der Waals surface area contributed by atoms with Gasteiger partial charge in [0.2, 0.25) is 0 Å². The summed E-state index contributed by atoms with van der Waals surface area (Å²) < 4.78 is 6.78. The van der Waals surface area contributed by atoms with E-state index in [1.807, 2.05) is 16.8 Å². The van der Waals surface area contributed by atoms with Gasteiger partial charge in [0.1, 0.15) is 0 Å². The highest BCUT2D eigenvalue weighted by atomic mass is 32.1. The SMILES string of the molecule is O=C(c1ccsc1)N1CCC(O)(Cn2cc(C(=O)N3CCOCC3)nn2)CC1. The van der Waals surface area contributed by atoms with Gasteiger partial charge in [-0.15, -0.1) is 5.10 Å². The molecule has 4 rings (SSSR count). The van der Waals surface area contributed by atoms with Crippen molar-refractivity contribution in [2.75, 3.05) is 39.4 Å². The summed E-state index contributed by atoms with van der Waals surface area (Å²) in [7, 11) is 0. The summed E-state index contributed by atoms with van der Waals surface area (Å²) in [6, 6.07) is 1.82. The van der Waals surface area contributed by atoms with Crippen LogP contribution in [0.1, 0.15) is 33.7 Å². The van der Waals surface area contributed by atoms with E-state index in [0.717, 1.165) is 0 Å². The number of hydrogen-bond donors (Lipinski definition) is 1. The van der Waals surface area contributed by atoms with E-state index in [2.05, 4.69) is 10.3 Å². The average Bonchev–Trinajstić information content (AvgIpc) is 3.40. The Morgan fingerprint density at radius 2 is 1.86 bits per heavy atom. The van der Waals surface area contributed by atoms with E-state index in [1.165, 1.54) is 16.0 Å². The van der Waals surface area contributed by atoms with Crippen LogP contribution in [0.15, 0.2) is 23.0 Å². The van der Waals surface area contributed by atoms with Crippen molar-refractivity contribution in [3.63, 3.8) is 0 Å². The predicted octanol–water partition coefficient (Wildman–Crippen LogP) is 0.479. The van der Waals surface area contributed by atoms with E-state index in [1.54, 1.807) is 16.0 Å². The molecule has 0 unspecified atom stereocenters.